The molecule has 23 heavy (non-hydrogen) atoms. The molecule has 0 saturated carbocycles. The third kappa shape index (κ3) is 4.63. The van der Waals surface area contributed by atoms with Crippen LogP contribution in [0.3, 0.4) is 0 Å². The van der Waals surface area contributed by atoms with Crippen molar-refractivity contribution in [2.75, 3.05) is 18.4 Å². The molecule has 122 valence electrons. The van der Waals surface area contributed by atoms with E-state index in [4.69, 9.17) is 0 Å². The van der Waals surface area contributed by atoms with Gasteiger partial charge in [0, 0.05) is 31.0 Å². The third-order valence-corrected chi connectivity index (χ3v) is 2.79. The molecule has 0 aliphatic rings. The van der Waals surface area contributed by atoms with E-state index in [-0.39, 0.29) is 18.7 Å². The number of benzene rings is 1. The van der Waals surface area contributed by atoms with Crippen LogP contribution in [0, 0.1) is 5.82 Å². The SMILES string of the molecule is O=C(NCCNc1ncccn1)c1ccc(F)c(C(F)(F)F)c1. The molecule has 0 aliphatic heterocycles. The molecule has 0 atom stereocenters. The summed E-state index contributed by atoms with van der Waals surface area (Å²) in [4.78, 5) is 19.6. The number of alkyl halides is 3. The molecule has 2 N–H and O–H groups in total. The van der Waals surface area contributed by atoms with E-state index in [9.17, 15) is 22.4 Å². The van der Waals surface area contributed by atoms with Crippen LogP contribution in [0.25, 0.3) is 0 Å². The van der Waals surface area contributed by atoms with Crippen LogP contribution in [-0.4, -0.2) is 29.0 Å². The van der Waals surface area contributed by atoms with Gasteiger partial charge in [0.15, 0.2) is 0 Å². The van der Waals surface area contributed by atoms with Crippen molar-refractivity contribution < 1.29 is 22.4 Å². The Morgan fingerprint density at radius 2 is 1.83 bits per heavy atom. The van der Waals surface area contributed by atoms with E-state index < -0.39 is 23.5 Å². The highest BCUT2D eigenvalue weighted by molar-refractivity contribution is 5.94. The number of hydrogen-bond acceptors (Lipinski definition) is 4. The minimum atomic E-state index is -4.85. The largest absolute Gasteiger partial charge is 0.419 e. The Bertz CT molecular complexity index is 676. The highest BCUT2D eigenvalue weighted by atomic mass is 19.4. The van der Waals surface area contributed by atoms with Crippen molar-refractivity contribution in [1.29, 1.82) is 0 Å². The summed E-state index contributed by atoms with van der Waals surface area (Å²) < 4.78 is 50.9. The zero-order valence-electron chi connectivity index (χ0n) is 11.7. The van der Waals surface area contributed by atoms with E-state index in [0.29, 0.717) is 18.1 Å². The lowest BCUT2D eigenvalue weighted by atomic mass is 10.1. The van der Waals surface area contributed by atoms with Gasteiger partial charge in [0.25, 0.3) is 5.91 Å². The summed E-state index contributed by atoms with van der Waals surface area (Å²) in [6, 6.07) is 3.74. The smallest absolute Gasteiger partial charge is 0.352 e. The lowest BCUT2D eigenvalue weighted by molar-refractivity contribution is -0.140. The number of nitrogens with one attached hydrogen (secondary N) is 2. The predicted molar refractivity (Wildman–Crippen MR) is 74.3 cm³/mol. The van der Waals surface area contributed by atoms with E-state index in [1.54, 1.807) is 6.07 Å². The van der Waals surface area contributed by atoms with Crippen molar-refractivity contribution >= 4 is 11.9 Å². The van der Waals surface area contributed by atoms with Crippen LogP contribution in [-0.2, 0) is 6.18 Å². The first-order valence-electron chi connectivity index (χ1n) is 6.54. The minimum absolute atomic E-state index is 0.135. The highest BCUT2D eigenvalue weighted by Gasteiger charge is 2.34. The normalized spacial score (nSPS) is 11.1. The Balaban J connectivity index is 1.91. The van der Waals surface area contributed by atoms with Crippen LogP contribution in [0.1, 0.15) is 15.9 Å². The topological polar surface area (TPSA) is 66.9 Å². The van der Waals surface area contributed by atoms with Crippen LogP contribution < -0.4 is 10.6 Å². The first-order valence-corrected chi connectivity index (χ1v) is 6.54. The molecule has 9 heteroatoms. The summed E-state index contributed by atoms with van der Waals surface area (Å²) in [5, 5.41) is 5.24. The summed E-state index contributed by atoms with van der Waals surface area (Å²) >= 11 is 0. The first kappa shape index (κ1) is 16.7. The van der Waals surface area contributed by atoms with Gasteiger partial charge in [-0.05, 0) is 24.3 Å². The number of amides is 1. The number of hydrogen-bond donors (Lipinski definition) is 2. The molecule has 1 aromatic heterocycles. The van der Waals surface area contributed by atoms with Gasteiger partial charge in [-0.15, -0.1) is 0 Å². The van der Waals surface area contributed by atoms with Crippen molar-refractivity contribution in [2.45, 2.75) is 6.18 Å². The molecule has 1 aromatic carbocycles. The molecule has 0 bridgehead atoms. The molecule has 0 saturated heterocycles. The molecule has 0 unspecified atom stereocenters. The molecule has 2 rings (SSSR count). The third-order valence-electron chi connectivity index (χ3n) is 2.79. The molecule has 1 amide bonds. The summed E-state index contributed by atoms with van der Waals surface area (Å²) in [5.41, 5.74) is -1.74. The lowest BCUT2D eigenvalue weighted by Crippen LogP contribution is -2.29. The summed E-state index contributed by atoms with van der Waals surface area (Å²) in [6.07, 6.45) is -1.79. The van der Waals surface area contributed by atoms with Gasteiger partial charge in [-0.3, -0.25) is 4.79 Å². The number of anilines is 1. The monoisotopic (exact) mass is 328 g/mol. The summed E-state index contributed by atoms with van der Waals surface area (Å²) in [5.74, 6) is -1.79. The van der Waals surface area contributed by atoms with E-state index >= 15 is 0 Å². The van der Waals surface area contributed by atoms with Gasteiger partial charge in [-0.2, -0.15) is 13.2 Å². The maximum Gasteiger partial charge on any atom is 0.419 e. The van der Waals surface area contributed by atoms with E-state index in [1.807, 2.05) is 0 Å². The van der Waals surface area contributed by atoms with E-state index in [1.165, 1.54) is 12.4 Å². The molecule has 2 aromatic rings. The van der Waals surface area contributed by atoms with Crippen molar-refractivity contribution in [3.05, 3.63) is 53.6 Å². The second-order valence-corrected chi connectivity index (χ2v) is 4.45. The second kappa shape index (κ2) is 7.03. The predicted octanol–water partition coefficient (Wildman–Crippen LogP) is 2.48. The number of nitrogens with zero attached hydrogens (tertiary/aromatic N) is 2. The fourth-order valence-electron chi connectivity index (χ4n) is 1.73. The van der Waals surface area contributed by atoms with Crippen molar-refractivity contribution in [3.63, 3.8) is 0 Å². The molecule has 5 nitrogen and oxygen atoms in total. The molecule has 1 heterocycles. The van der Waals surface area contributed by atoms with E-state index in [2.05, 4.69) is 20.6 Å². The zero-order chi connectivity index (χ0) is 16.9. The molecule has 0 spiro atoms. The fourth-order valence-corrected chi connectivity index (χ4v) is 1.73. The van der Waals surface area contributed by atoms with Gasteiger partial charge < -0.3 is 10.6 Å². The Hall–Kier alpha value is -2.71. The first-order chi connectivity index (χ1) is 10.9. The van der Waals surface area contributed by atoms with Crippen LogP contribution >= 0.6 is 0 Å². The Kier molecular flexibility index (Phi) is 5.09. The van der Waals surface area contributed by atoms with Crippen molar-refractivity contribution in [2.24, 2.45) is 0 Å². The molecule has 0 fully saturated rings. The molecule has 0 radical (unpaired) electrons. The standard InChI is InChI=1S/C14H12F4N4O/c15-11-3-2-9(8-10(11)14(16,17)18)12(23)19-6-7-22-13-20-4-1-5-21-13/h1-5,8H,6-7H2,(H,19,23)(H,20,21,22). The second-order valence-electron chi connectivity index (χ2n) is 4.45. The van der Waals surface area contributed by atoms with Gasteiger partial charge in [-0.25, -0.2) is 14.4 Å². The average Bonchev–Trinajstić information content (AvgIpc) is 2.51. The van der Waals surface area contributed by atoms with Crippen LogP contribution in [0.5, 0.6) is 0 Å². The summed E-state index contributed by atoms with van der Waals surface area (Å²) in [6.45, 7) is 0.416. The lowest BCUT2D eigenvalue weighted by Gasteiger charge is -2.10. The number of carbonyl (C=O) groups excluding carboxylic acids is 1. The zero-order valence-corrected chi connectivity index (χ0v) is 11.7. The maximum atomic E-state index is 13.1. The number of aromatic nitrogens is 2. The Morgan fingerprint density at radius 1 is 1.13 bits per heavy atom. The Labute approximate surface area is 128 Å². The van der Waals surface area contributed by atoms with E-state index in [0.717, 1.165) is 6.07 Å². The van der Waals surface area contributed by atoms with Gasteiger partial charge in [0.1, 0.15) is 5.82 Å². The quantitative estimate of drug-likeness (QED) is 0.654. The summed E-state index contributed by atoms with van der Waals surface area (Å²) in [7, 11) is 0. The highest BCUT2D eigenvalue weighted by Crippen LogP contribution is 2.31. The Morgan fingerprint density at radius 3 is 2.48 bits per heavy atom. The van der Waals surface area contributed by atoms with Gasteiger partial charge >= 0.3 is 6.18 Å². The number of halogens is 4. The van der Waals surface area contributed by atoms with Crippen LogP contribution in [0.4, 0.5) is 23.5 Å². The van der Waals surface area contributed by atoms with Crippen LogP contribution in [0.2, 0.25) is 0 Å². The average molecular weight is 328 g/mol. The fraction of sp³-hybridized carbons (Fsp3) is 0.214. The van der Waals surface area contributed by atoms with Gasteiger partial charge in [-0.1, -0.05) is 0 Å². The van der Waals surface area contributed by atoms with Gasteiger partial charge in [0.05, 0.1) is 5.56 Å². The molecule has 0 aliphatic carbocycles. The van der Waals surface area contributed by atoms with Crippen LogP contribution in [0.15, 0.2) is 36.7 Å². The van der Waals surface area contributed by atoms with Crippen molar-refractivity contribution in [1.82, 2.24) is 15.3 Å². The minimum Gasteiger partial charge on any atom is -0.352 e. The number of carbonyl (C=O) groups is 1. The maximum absolute atomic E-state index is 13.1. The molecular weight excluding hydrogens is 316 g/mol. The van der Waals surface area contributed by atoms with Gasteiger partial charge in [0.2, 0.25) is 5.95 Å². The number of rotatable bonds is 5. The van der Waals surface area contributed by atoms with Crippen molar-refractivity contribution in [3.8, 4) is 0 Å². The molecular formula is C14H12F4N4O.